The van der Waals surface area contributed by atoms with E-state index < -0.39 is 6.10 Å². The summed E-state index contributed by atoms with van der Waals surface area (Å²) in [5.74, 6) is 2.27. The van der Waals surface area contributed by atoms with Gasteiger partial charge in [0.25, 0.3) is 0 Å². The highest BCUT2D eigenvalue weighted by atomic mass is 16.7. The van der Waals surface area contributed by atoms with Crippen molar-refractivity contribution in [1.82, 2.24) is 0 Å². The van der Waals surface area contributed by atoms with Crippen molar-refractivity contribution >= 4 is 0 Å². The maximum absolute atomic E-state index is 10.1. The molecule has 0 amide bonds. The van der Waals surface area contributed by atoms with Crippen molar-refractivity contribution in [2.75, 3.05) is 20.5 Å². The second-order valence-corrected chi connectivity index (χ2v) is 6.99. The molecule has 2 aromatic carbocycles. The molecule has 0 bridgehead atoms. The van der Waals surface area contributed by atoms with E-state index in [4.69, 9.17) is 18.9 Å². The summed E-state index contributed by atoms with van der Waals surface area (Å²) in [5.41, 5.74) is 3.07. The van der Waals surface area contributed by atoms with Gasteiger partial charge in [-0.1, -0.05) is 12.1 Å². The van der Waals surface area contributed by atoms with Gasteiger partial charge in [-0.05, 0) is 35.4 Å². The monoisotopic (exact) mass is 372 g/mol. The van der Waals surface area contributed by atoms with Crippen LogP contribution in [0.2, 0.25) is 0 Å². The van der Waals surface area contributed by atoms with E-state index in [1.807, 2.05) is 30.3 Å². The average molecular weight is 372 g/mol. The fourth-order valence-electron chi connectivity index (χ4n) is 3.71. The highest BCUT2D eigenvalue weighted by Crippen LogP contribution is 2.42. The number of hydrogen-bond acceptors (Lipinski definition) is 6. The summed E-state index contributed by atoms with van der Waals surface area (Å²) in [6.45, 7) is 0.0959. The summed E-state index contributed by atoms with van der Waals surface area (Å²) in [4.78, 5) is 0. The van der Waals surface area contributed by atoms with Crippen LogP contribution in [0, 0.1) is 0 Å². The van der Waals surface area contributed by atoms with Gasteiger partial charge in [0.2, 0.25) is 6.79 Å². The van der Waals surface area contributed by atoms with E-state index in [1.165, 1.54) is 0 Å². The van der Waals surface area contributed by atoms with Crippen LogP contribution in [-0.2, 0) is 11.2 Å². The largest absolute Gasteiger partial charge is 0.497 e. The summed E-state index contributed by atoms with van der Waals surface area (Å²) >= 11 is 0. The van der Waals surface area contributed by atoms with Gasteiger partial charge in [0.15, 0.2) is 11.5 Å². The van der Waals surface area contributed by atoms with Gasteiger partial charge in [0.05, 0.1) is 32.0 Å². The van der Waals surface area contributed by atoms with Crippen LogP contribution in [0.1, 0.15) is 35.6 Å². The Kier molecular flexibility index (Phi) is 5.20. The fourth-order valence-corrected chi connectivity index (χ4v) is 3.71. The number of hydrogen-bond donors (Lipinski definition) is 2. The lowest BCUT2D eigenvalue weighted by atomic mass is 9.93. The quantitative estimate of drug-likeness (QED) is 0.840. The van der Waals surface area contributed by atoms with Crippen LogP contribution in [-0.4, -0.2) is 42.9 Å². The zero-order chi connectivity index (χ0) is 18.8. The van der Waals surface area contributed by atoms with Gasteiger partial charge in [-0.25, -0.2) is 0 Å². The minimum absolute atomic E-state index is 0.100. The smallest absolute Gasteiger partial charge is 0.231 e. The van der Waals surface area contributed by atoms with Crippen LogP contribution in [0.25, 0.3) is 0 Å². The number of aliphatic hydroxyl groups is 2. The second kappa shape index (κ2) is 7.76. The molecule has 4 rings (SSSR count). The third kappa shape index (κ3) is 3.88. The standard InChI is InChI=1S/C21H24O6/c1-24-17-4-2-13(3-5-17)6-15-7-14(8-20-21(15)26-12-25-20)19-10-16(23)9-18(11-22)27-19/h2-5,7-8,16,18-19,22-23H,6,9-12H2,1H3/t16-,18-,19+/m0/s1. The fraction of sp³-hybridized carbons (Fsp3) is 0.429. The van der Waals surface area contributed by atoms with Crippen molar-refractivity contribution < 1.29 is 29.2 Å². The topological polar surface area (TPSA) is 77.4 Å². The molecular weight excluding hydrogens is 348 g/mol. The first-order valence-electron chi connectivity index (χ1n) is 9.16. The maximum atomic E-state index is 10.1. The van der Waals surface area contributed by atoms with Crippen LogP contribution in [0.3, 0.4) is 0 Å². The Morgan fingerprint density at radius 2 is 1.93 bits per heavy atom. The molecular formula is C21H24O6. The lowest BCUT2D eigenvalue weighted by Gasteiger charge is -2.32. The molecule has 0 unspecified atom stereocenters. The van der Waals surface area contributed by atoms with Gasteiger partial charge in [0.1, 0.15) is 5.75 Å². The molecule has 2 heterocycles. The van der Waals surface area contributed by atoms with Gasteiger partial charge >= 0.3 is 0 Å². The molecule has 2 N–H and O–H groups in total. The molecule has 0 radical (unpaired) electrons. The summed E-state index contributed by atoms with van der Waals surface area (Å²) in [6.07, 6.45) is 0.511. The van der Waals surface area contributed by atoms with Crippen LogP contribution >= 0.6 is 0 Å². The number of ether oxygens (including phenoxy) is 4. The number of rotatable bonds is 5. The van der Waals surface area contributed by atoms with Crippen molar-refractivity contribution in [1.29, 1.82) is 0 Å². The van der Waals surface area contributed by atoms with Crippen LogP contribution in [0.15, 0.2) is 36.4 Å². The molecule has 0 aromatic heterocycles. The van der Waals surface area contributed by atoms with Crippen LogP contribution in [0.4, 0.5) is 0 Å². The van der Waals surface area contributed by atoms with Crippen molar-refractivity contribution in [3.63, 3.8) is 0 Å². The van der Waals surface area contributed by atoms with E-state index in [1.54, 1.807) is 7.11 Å². The molecule has 0 saturated carbocycles. The summed E-state index contributed by atoms with van der Waals surface area (Å²) < 4.78 is 22.5. The highest BCUT2D eigenvalue weighted by molar-refractivity contribution is 5.53. The zero-order valence-electron chi connectivity index (χ0n) is 15.3. The predicted octanol–water partition coefficient (Wildman–Crippen LogP) is 2.59. The number of methoxy groups -OCH3 is 1. The number of fused-ring (bicyclic) bond motifs is 1. The summed E-state index contributed by atoms with van der Waals surface area (Å²) in [7, 11) is 1.65. The first-order chi connectivity index (χ1) is 13.2. The Morgan fingerprint density at radius 3 is 2.67 bits per heavy atom. The van der Waals surface area contributed by atoms with Crippen molar-refractivity contribution in [3.8, 4) is 17.2 Å². The van der Waals surface area contributed by atoms with Crippen LogP contribution in [0.5, 0.6) is 17.2 Å². The molecule has 3 atom stereocenters. The Labute approximate surface area is 158 Å². The number of aliphatic hydroxyl groups excluding tert-OH is 2. The van der Waals surface area contributed by atoms with E-state index >= 15 is 0 Å². The molecule has 1 saturated heterocycles. The molecule has 144 valence electrons. The van der Waals surface area contributed by atoms with E-state index in [0.29, 0.717) is 25.0 Å². The highest BCUT2D eigenvalue weighted by Gasteiger charge is 2.31. The van der Waals surface area contributed by atoms with E-state index in [2.05, 4.69) is 6.07 Å². The Hall–Kier alpha value is -2.28. The molecule has 0 spiro atoms. The molecule has 2 aliphatic heterocycles. The van der Waals surface area contributed by atoms with Gasteiger partial charge in [0, 0.05) is 24.8 Å². The lowest BCUT2D eigenvalue weighted by Crippen LogP contribution is -2.33. The molecule has 0 aliphatic carbocycles. The first-order valence-corrected chi connectivity index (χ1v) is 9.16. The van der Waals surface area contributed by atoms with Crippen molar-refractivity contribution in [2.24, 2.45) is 0 Å². The van der Waals surface area contributed by atoms with Crippen LogP contribution < -0.4 is 14.2 Å². The Bertz CT molecular complexity index is 788. The zero-order valence-corrected chi connectivity index (χ0v) is 15.3. The van der Waals surface area contributed by atoms with Gasteiger partial charge in [-0.3, -0.25) is 0 Å². The summed E-state index contributed by atoms with van der Waals surface area (Å²) in [6, 6.07) is 11.9. The van der Waals surface area contributed by atoms with Gasteiger partial charge < -0.3 is 29.2 Å². The molecule has 6 nitrogen and oxygen atoms in total. The third-order valence-corrected chi connectivity index (χ3v) is 5.08. The second-order valence-electron chi connectivity index (χ2n) is 6.99. The maximum Gasteiger partial charge on any atom is 0.231 e. The van der Waals surface area contributed by atoms with E-state index in [-0.39, 0.29) is 25.6 Å². The first kappa shape index (κ1) is 18.1. The normalized spacial score (nSPS) is 24.0. The van der Waals surface area contributed by atoms with Crippen molar-refractivity contribution in [3.05, 3.63) is 53.1 Å². The number of benzene rings is 2. The average Bonchev–Trinajstić information content (AvgIpc) is 3.17. The lowest BCUT2D eigenvalue weighted by molar-refractivity contribution is -0.113. The van der Waals surface area contributed by atoms with E-state index in [9.17, 15) is 10.2 Å². The molecule has 27 heavy (non-hydrogen) atoms. The third-order valence-electron chi connectivity index (χ3n) is 5.08. The minimum atomic E-state index is -0.489. The van der Waals surface area contributed by atoms with Gasteiger partial charge in [-0.15, -0.1) is 0 Å². The van der Waals surface area contributed by atoms with E-state index in [0.717, 1.165) is 28.2 Å². The Balaban J connectivity index is 1.63. The molecule has 2 aromatic rings. The SMILES string of the molecule is COc1ccc(Cc2cc([C@H]3C[C@@H](O)C[C@@H](CO)O3)cc3c2OCO3)cc1. The molecule has 2 aliphatic rings. The minimum Gasteiger partial charge on any atom is -0.497 e. The van der Waals surface area contributed by atoms with Crippen molar-refractivity contribution in [2.45, 2.75) is 37.6 Å². The summed E-state index contributed by atoms with van der Waals surface area (Å²) in [5, 5.41) is 19.6. The van der Waals surface area contributed by atoms with Gasteiger partial charge in [-0.2, -0.15) is 0 Å². The Morgan fingerprint density at radius 1 is 1.11 bits per heavy atom. The molecule has 6 heteroatoms. The predicted molar refractivity (Wildman–Crippen MR) is 98.3 cm³/mol. The molecule has 1 fully saturated rings.